The van der Waals surface area contributed by atoms with Crippen LogP contribution in [0.25, 0.3) is 0 Å². The fraction of sp³-hybridized carbons (Fsp3) is 0.455. The van der Waals surface area contributed by atoms with E-state index in [1.165, 1.54) is 12.2 Å². The number of rotatable bonds is 7. The molecule has 2 atom stereocenters. The van der Waals surface area contributed by atoms with Crippen LogP contribution in [-0.4, -0.2) is 12.7 Å². The van der Waals surface area contributed by atoms with Gasteiger partial charge in [0, 0.05) is 0 Å². The molecule has 2 unspecified atom stereocenters. The average Bonchev–Trinajstić information content (AvgIpc) is 2.22. The van der Waals surface area contributed by atoms with Gasteiger partial charge in [0.2, 0.25) is 0 Å². The predicted molar refractivity (Wildman–Crippen MR) is 62.8 cm³/mol. The summed E-state index contributed by atoms with van der Waals surface area (Å²) < 4.78 is 21.3. The molecule has 0 heterocycles. The second kappa shape index (κ2) is 6.63. The molecule has 84 valence electrons. The minimum atomic E-state index is -2.54. The van der Waals surface area contributed by atoms with Crippen molar-refractivity contribution in [1.82, 2.24) is 0 Å². The molecule has 0 N–H and O–H groups in total. The Labute approximate surface area is 92.1 Å². The van der Waals surface area contributed by atoms with Gasteiger partial charge in [-0.15, -0.1) is 19.6 Å². The molecule has 0 amide bonds. The molecule has 0 aliphatic carbocycles. The Morgan fingerprint density at radius 3 is 2.60 bits per heavy atom. The third kappa shape index (κ3) is 4.99. The van der Waals surface area contributed by atoms with Gasteiger partial charge in [-0.3, -0.25) is 4.57 Å². The Morgan fingerprint density at radius 2 is 2.20 bits per heavy atom. The fourth-order valence-electron chi connectivity index (χ4n) is 0.837. The molecule has 0 bridgehead atoms. The van der Waals surface area contributed by atoms with E-state index >= 15 is 0 Å². The molecule has 0 spiro atoms. The van der Waals surface area contributed by atoms with E-state index in [1.54, 1.807) is 0 Å². The van der Waals surface area contributed by atoms with Gasteiger partial charge in [-0.05, 0) is 13.8 Å². The maximum absolute atomic E-state index is 11.3. The molecule has 0 saturated carbocycles. The van der Waals surface area contributed by atoms with Crippen molar-refractivity contribution in [2.45, 2.75) is 20.0 Å². The summed E-state index contributed by atoms with van der Waals surface area (Å²) in [5.74, 6) is 2.56. The van der Waals surface area contributed by atoms with Crippen molar-refractivity contribution in [2.75, 3.05) is 6.61 Å². The Kier molecular flexibility index (Phi) is 6.27. The van der Waals surface area contributed by atoms with Crippen LogP contribution >= 0.6 is 8.25 Å². The van der Waals surface area contributed by atoms with Crippen LogP contribution in [0.3, 0.4) is 0 Å². The minimum Gasteiger partial charge on any atom is -0.306 e. The van der Waals surface area contributed by atoms with Gasteiger partial charge in [0.05, 0.1) is 12.0 Å². The van der Waals surface area contributed by atoms with Gasteiger partial charge in [0.15, 0.2) is 0 Å². The molecule has 0 radical (unpaired) electrons. The van der Waals surface area contributed by atoms with Gasteiger partial charge in [-0.1, -0.05) is 18.1 Å². The number of hydrogen-bond donors (Lipinski definition) is 0. The topological polar surface area (TPSA) is 35.5 Å². The molecule has 0 rings (SSSR count). The first-order valence-electron chi connectivity index (χ1n) is 4.52. The van der Waals surface area contributed by atoms with Crippen LogP contribution in [0.15, 0.2) is 25.3 Å². The van der Waals surface area contributed by atoms with E-state index in [0.29, 0.717) is 0 Å². The van der Waals surface area contributed by atoms with Gasteiger partial charge >= 0.3 is 8.25 Å². The molecular formula is C11H17O3P. The SMILES string of the molecule is C#CC(C)(C)C(C=C)O[PH](=O)OCC=C. The lowest BCUT2D eigenvalue weighted by Gasteiger charge is -2.26. The highest BCUT2D eigenvalue weighted by Gasteiger charge is 2.27. The van der Waals surface area contributed by atoms with E-state index in [4.69, 9.17) is 15.5 Å². The predicted octanol–water partition coefficient (Wildman–Crippen LogP) is 2.81. The third-order valence-electron chi connectivity index (χ3n) is 1.84. The summed E-state index contributed by atoms with van der Waals surface area (Å²) >= 11 is 0. The van der Waals surface area contributed by atoms with E-state index in [1.807, 2.05) is 13.8 Å². The molecule has 0 aliphatic heterocycles. The average molecular weight is 228 g/mol. The van der Waals surface area contributed by atoms with Crippen molar-refractivity contribution in [2.24, 2.45) is 5.41 Å². The smallest absolute Gasteiger partial charge is 0.306 e. The van der Waals surface area contributed by atoms with Gasteiger partial charge < -0.3 is 9.05 Å². The standard InChI is InChI=1S/C11H17O3P/c1-6-9-13-15(12)14-10(7-2)11(4,5)8-3/h3,6-7,10,15H,1-2,9H2,4-5H3. The van der Waals surface area contributed by atoms with Crippen LogP contribution in [0.1, 0.15) is 13.8 Å². The van der Waals surface area contributed by atoms with Crippen molar-refractivity contribution in [3.63, 3.8) is 0 Å². The van der Waals surface area contributed by atoms with Gasteiger partial charge in [0.25, 0.3) is 0 Å². The molecular weight excluding hydrogens is 211 g/mol. The van der Waals surface area contributed by atoms with E-state index < -0.39 is 19.8 Å². The van der Waals surface area contributed by atoms with Crippen molar-refractivity contribution >= 4 is 8.25 Å². The van der Waals surface area contributed by atoms with E-state index in [9.17, 15) is 4.57 Å². The first kappa shape index (κ1) is 14.2. The monoisotopic (exact) mass is 228 g/mol. The lowest BCUT2D eigenvalue weighted by Crippen LogP contribution is -2.26. The van der Waals surface area contributed by atoms with Crippen molar-refractivity contribution in [3.8, 4) is 12.3 Å². The molecule has 0 aromatic rings. The molecule has 0 aromatic heterocycles. The summed E-state index contributed by atoms with van der Waals surface area (Å²) in [5.41, 5.74) is -0.556. The lowest BCUT2D eigenvalue weighted by molar-refractivity contribution is 0.137. The summed E-state index contributed by atoms with van der Waals surface area (Å²) in [7, 11) is -2.54. The Balaban J connectivity index is 4.35. The summed E-state index contributed by atoms with van der Waals surface area (Å²) in [5, 5.41) is 0. The van der Waals surface area contributed by atoms with Crippen molar-refractivity contribution < 1.29 is 13.6 Å². The zero-order valence-corrected chi connectivity index (χ0v) is 10.2. The normalized spacial score (nSPS) is 15.0. The highest BCUT2D eigenvalue weighted by molar-refractivity contribution is 7.33. The molecule has 4 heteroatoms. The summed E-state index contributed by atoms with van der Waals surface area (Å²) in [4.78, 5) is 0. The molecule has 0 aliphatic rings. The lowest BCUT2D eigenvalue weighted by atomic mass is 9.88. The molecule has 0 aromatic carbocycles. The first-order chi connectivity index (χ1) is 6.97. The zero-order valence-electron chi connectivity index (χ0n) is 9.16. The fourth-order valence-corrected chi connectivity index (χ4v) is 1.76. The summed E-state index contributed by atoms with van der Waals surface area (Å²) in [6, 6.07) is 0. The number of hydrogen-bond acceptors (Lipinski definition) is 3. The van der Waals surface area contributed by atoms with Gasteiger partial charge in [-0.25, -0.2) is 0 Å². The van der Waals surface area contributed by atoms with E-state index in [2.05, 4.69) is 19.1 Å². The minimum absolute atomic E-state index is 0.193. The Morgan fingerprint density at radius 1 is 1.60 bits per heavy atom. The van der Waals surface area contributed by atoms with Crippen LogP contribution in [-0.2, 0) is 13.6 Å². The number of terminal acetylenes is 1. The summed E-state index contributed by atoms with van der Waals surface area (Å²) in [6.45, 7) is 10.8. The molecule has 0 fully saturated rings. The van der Waals surface area contributed by atoms with Crippen LogP contribution < -0.4 is 0 Å². The van der Waals surface area contributed by atoms with Crippen molar-refractivity contribution in [3.05, 3.63) is 25.3 Å². The summed E-state index contributed by atoms with van der Waals surface area (Å²) in [6.07, 6.45) is 7.87. The molecule has 0 saturated heterocycles. The maximum atomic E-state index is 11.3. The first-order valence-corrected chi connectivity index (χ1v) is 5.75. The highest BCUT2D eigenvalue weighted by atomic mass is 31.1. The largest absolute Gasteiger partial charge is 0.320 e. The quantitative estimate of drug-likeness (QED) is 0.382. The van der Waals surface area contributed by atoms with E-state index in [-0.39, 0.29) is 6.61 Å². The molecule has 15 heavy (non-hydrogen) atoms. The van der Waals surface area contributed by atoms with Crippen molar-refractivity contribution in [1.29, 1.82) is 0 Å². The van der Waals surface area contributed by atoms with Gasteiger partial charge in [0.1, 0.15) is 6.10 Å². The highest BCUT2D eigenvalue weighted by Crippen LogP contribution is 2.33. The van der Waals surface area contributed by atoms with Crippen LogP contribution in [0.2, 0.25) is 0 Å². The van der Waals surface area contributed by atoms with Crippen LogP contribution in [0, 0.1) is 17.8 Å². The Hall–Kier alpha value is -0.810. The molecule has 3 nitrogen and oxygen atoms in total. The van der Waals surface area contributed by atoms with Gasteiger partial charge in [-0.2, -0.15) is 0 Å². The zero-order chi connectivity index (χ0) is 11.9. The van der Waals surface area contributed by atoms with Crippen LogP contribution in [0.4, 0.5) is 0 Å². The second-order valence-electron chi connectivity index (χ2n) is 3.49. The van der Waals surface area contributed by atoms with Crippen LogP contribution in [0.5, 0.6) is 0 Å². The third-order valence-corrected chi connectivity index (χ3v) is 2.69. The second-order valence-corrected chi connectivity index (χ2v) is 4.51. The maximum Gasteiger partial charge on any atom is 0.320 e. The van der Waals surface area contributed by atoms with E-state index in [0.717, 1.165) is 0 Å². The Bertz CT molecular complexity index is 289.